The highest BCUT2D eigenvalue weighted by Crippen LogP contribution is 2.18. The van der Waals surface area contributed by atoms with E-state index in [4.69, 9.17) is 11.6 Å². The predicted octanol–water partition coefficient (Wildman–Crippen LogP) is 0.509. The van der Waals surface area contributed by atoms with Crippen LogP contribution in [0.3, 0.4) is 0 Å². The van der Waals surface area contributed by atoms with Crippen molar-refractivity contribution in [1.29, 1.82) is 0 Å². The minimum absolute atomic E-state index is 0.00968. The normalized spacial score (nSPS) is 14.6. The zero-order chi connectivity index (χ0) is 16.1. The first-order valence-electron chi connectivity index (χ1n) is 6.72. The summed E-state index contributed by atoms with van der Waals surface area (Å²) in [6.07, 6.45) is 0.740. The summed E-state index contributed by atoms with van der Waals surface area (Å²) in [6, 6.07) is 3.92. The maximum atomic E-state index is 13.6. The molecule has 6 nitrogen and oxygen atoms in total. The lowest BCUT2D eigenvalue weighted by atomic mass is 10.2. The van der Waals surface area contributed by atoms with Gasteiger partial charge in [0.25, 0.3) is 5.91 Å². The van der Waals surface area contributed by atoms with Gasteiger partial charge in [0.1, 0.15) is 5.82 Å². The smallest absolute Gasteiger partial charge is 0.256 e. The first kappa shape index (κ1) is 16.2. The summed E-state index contributed by atoms with van der Waals surface area (Å²) in [5.74, 6) is -1.76. The van der Waals surface area contributed by atoms with Crippen LogP contribution in [0.15, 0.2) is 18.2 Å². The van der Waals surface area contributed by atoms with Gasteiger partial charge < -0.3 is 15.1 Å². The van der Waals surface area contributed by atoms with Gasteiger partial charge in [0.2, 0.25) is 12.3 Å². The van der Waals surface area contributed by atoms with Crippen LogP contribution in [0.25, 0.3) is 0 Å². The standard InChI is InChI=1S/C14H15ClFN3O3/c15-10-2-1-3-11(16)13(10)14(22)17-8-12(21)19-6-4-18(9-20)5-7-19/h1-3,9H,4-8H2,(H,17,22). The van der Waals surface area contributed by atoms with Gasteiger partial charge in [0.15, 0.2) is 0 Å². The van der Waals surface area contributed by atoms with Gasteiger partial charge in [0.05, 0.1) is 17.1 Å². The van der Waals surface area contributed by atoms with Crippen molar-refractivity contribution >= 4 is 29.8 Å². The highest BCUT2D eigenvalue weighted by Gasteiger charge is 2.21. The molecule has 1 fully saturated rings. The van der Waals surface area contributed by atoms with Crippen LogP contribution in [-0.4, -0.2) is 60.7 Å². The topological polar surface area (TPSA) is 69.7 Å². The average Bonchev–Trinajstić information content (AvgIpc) is 2.52. The molecule has 1 heterocycles. The van der Waals surface area contributed by atoms with Gasteiger partial charge in [-0.15, -0.1) is 0 Å². The molecule has 0 spiro atoms. The molecular weight excluding hydrogens is 313 g/mol. The van der Waals surface area contributed by atoms with Crippen LogP contribution in [0.4, 0.5) is 4.39 Å². The van der Waals surface area contributed by atoms with Gasteiger partial charge in [-0.3, -0.25) is 14.4 Å². The van der Waals surface area contributed by atoms with E-state index in [2.05, 4.69) is 5.32 Å². The molecule has 3 amide bonds. The second-order valence-corrected chi connectivity index (χ2v) is 5.21. The van der Waals surface area contributed by atoms with Gasteiger partial charge in [-0.25, -0.2) is 4.39 Å². The largest absolute Gasteiger partial charge is 0.343 e. The highest BCUT2D eigenvalue weighted by molar-refractivity contribution is 6.33. The lowest BCUT2D eigenvalue weighted by molar-refractivity contribution is -0.134. The molecule has 0 saturated carbocycles. The van der Waals surface area contributed by atoms with Crippen LogP contribution in [0.5, 0.6) is 0 Å². The van der Waals surface area contributed by atoms with E-state index in [0.717, 1.165) is 12.5 Å². The van der Waals surface area contributed by atoms with Crippen molar-refractivity contribution in [3.05, 3.63) is 34.6 Å². The van der Waals surface area contributed by atoms with E-state index in [9.17, 15) is 18.8 Å². The van der Waals surface area contributed by atoms with Crippen LogP contribution in [0, 0.1) is 5.82 Å². The fourth-order valence-corrected chi connectivity index (χ4v) is 2.40. The minimum Gasteiger partial charge on any atom is -0.343 e. The Morgan fingerprint density at radius 3 is 2.55 bits per heavy atom. The monoisotopic (exact) mass is 327 g/mol. The van der Waals surface area contributed by atoms with Crippen molar-refractivity contribution in [3.63, 3.8) is 0 Å². The first-order chi connectivity index (χ1) is 10.5. The summed E-state index contributed by atoms with van der Waals surface area (Å²) in [7, 11) is 0. The third kappa shape index (κ3) is 3.73. The van der Waals surface area contributed by atoms with E-state index in [1.54, 1.807) is 9.80 Å². The molecule has 1 aliphatic rings. The lowest BCUT2D eigenvalue weighted by Gasteiger charge is -2.32. The summed E-state index contributed by atoms with van der Waals surface area (Å²) in [4.78, 5) is 37.6. The maximum absolute atomic E-state index is 13.6. The summed E-state index contributed by atoms with van der Waals surface area (Å²) in [5.41, 5.74) is -0.275. The number of hydrogen-bond acceptors (Lipinski definition) is 3. The summed E-state index contributed by atoms with van der Waals surface area (Å²) in [5, 5.41) is 2.36. The molecule has 0 aliphatic carbocycles. The highest BCUT2D eigenvalue weighted by atomic mass is 35.5. The van der Waals surface area contributed by atoms with E-state index in [-0.39, 0.29) is 23.0 Å². The second kappa shape index (κ2) is 7.22. The van der Waals surface area contributed by atoms with Gasteiger partial charge >= 0.3 is 0 Å². The molecular formula is C14H15ClFN3O3. The average molecular weight is 328 g/mol. The molecule has 8 heteroatoms. The van der Waals surface area contributed by atoms with Crippen molar-refractivity contribution in [3.8, 4) is 0 Å². The molecule has 1 aromatic carbocycles. The van der Waals surface area contributed by atoms with E-state index in [0.29, 0.717) is 26.2 Å². The SMILES string of the molecule is O=CN1CCN(C(=O)CNC(=O)c2c(F)cccc2Cl)CC1. The van der Waals surface area contributed by atoms with Crippen molar-refractivity contribution in [2.75, 3.05) is 32.7 Å². The van der Waals surface area contributed by atoms with Crippen LogP contribution >= 0.6 is 11.6 Å². The number of nitrogens with zero attached hydrogens (tertiary/aromatic N) is 2. The number of carbonyl (C=O) groups is 3. The molecule has 0 radical (unpaired) electrons. The van der Waals surface area contributed by atoms with Crippen LogP contribution in [-0.2, 0) is 9.59 Å². The molecule has 0 aromatic heterocycles. The zero-order valence-corrected chi connectivity index (χ0v) is 12.5. The van der Waals surface area contributed by atoms with Gasteiger partial charge in [-0.1, -0.05) is 17.7 Å². The number of halogens is 2. The summed E-state index contributed by atoms with van der Waals surface area (Å²) < 4.78 is 13.6. The Kier molecular flexibility index (Phi) is 5.32. The Balaban J connectivity index is 1.89. The Hall–Kier alpha value is -2.15. The number of nitrogens with one attached hydrogen (secondary N) is 1. The zero-order valence-electron chi connectivity index (χ0n) is 11.7. The van der Waals surface area contributed by atoms with Crippen molar-refractivity contribution in [2.24, 2.45) is 0 Å². The molecule has 22 heavy (non-hydrogen) atoms. The molecule has 0 bridgehead atoms. The van der Waals surface area contributed by atoms with Crippen LogP contribution in [0.2, 0.25) is 5.02 Å². The van der Waals surface area contributed by atoms with Crippen molar-refractivity contribution < 1.29 is 18.8 Å². The molecule has 118 valence electrons. The fourth-order valence-electron chi connectivity index (χ4n) is 2.15. The third-order valence-electron chi connectivity index (χ3n) is 3.41. The van der Waals surface area contributed by atoms with E-state index < -0.39 is 11.7 Å². The van der Waals surface area contributed by atoms with Gasteiger partial charge in [-0.05, 0) is 12.1 Å². The first-order valence-corrected chi connectivity index (χ1v) is 7.10. The maximum Gasteiger partial charge on any atom is 0.256 e. The predicted molar refractivity (Wildman–Crippen MR) is 78.0 cm³/mol. The molecule has 0 unspecified atom stereocenters. The number of amides is 3. The van der Waals surface area contributed by atoms with Gasteiger partial charge in [-0.2, -0.15) is 0 Å². The third-order valence-corrected chi connectivity index (χ3v) is 3.72. The summed E-state index contributed by atoms with van der Waals surface area (Å²) in [6.45, 7) is 1.50. The van der Waals surface area contributed by atoms with Crippen LogP contribution < -0.4 is 5.32 Å². The van der Waals surface area contributed by atoms with E-state index in [1.807, 2.05) is 0 Å². The molecule has 1 aliphatic heterocycles. The van der Waals surface area contributed by atoms with Crippen molar-refractivity contribution in [1.82, 2.24) is 15.1 Å². The number of rotatable bonds is 4. The quantitative estimate of drug-likeness (QED) is 0.819. The number of benzene rings is 1. The molecule has 0 atom stereocenters. The number of carbonyl (C=O) groups excluding carboxylic acids is 3. The van der Waals surface area contributed by atoms with Crippen LogP contribution in [0.1, 0.15) is 10.4 Å². The molecule has 2 rings (SSSR count). The molecule has 1 N–H and O–H groups in total. The molecule has 1 aromatic rings. The number of piperazine rings is 1. The lowest BCUT2D eigenvalue weighted by Crippen LogP contribution is -2.50. The van der Waals surface area contributed by atoms with Crippen molar-refractivity contribution in [2.45, 2.75) is 0 Å². The van der Waals surface area contributed by atoms with E-state index in [1.165, 1.54) is 12.1 Å². The fraction of sp³-hybridized carbons (Fsp3) is 0.357. The Labute approximate surface area is 131 Å². The number of hydrogen-bond donors (Lipinski definition) is 1. The van der Waals surface area contributed by atoms with E-state index >= 15 is 0 Å². The Morgan fingerprint density at radius 2 is 1.95 bits per heavy atom. The second-order valence-electron chi connectivity index (χ2n) is 4.80. The van der Waals surface area contributed by atoms with Gasteiger partial charge in [0, 0.05) is 26.2 Å². The Morgan fingerprint density at radius 1 is 1.27 bits per heavy atom. The Bertz CT molecular complexity index is 568. The minimum atomic E-state index is -0.739. The molecule has 1 saturated heterocycles. The summed E-state index contributed by atoms with van der Waals surface area (Å²) >= 11 is 5.79.